The zero-order valence-electron chi connectivity index (χ0n) is 10.5. The lowest BCUT2D eigenvalue weighted by Crippen LogP contribution is -2.05. The molecular weight excluding hydrogens is 309 g/mol. The summed E-state index contributed by atoms with van der Waals surface area (Å²) < 4.78 is 63.5. The average Bonchev–Trinajstić information content (AvgIpc) is 2.37. The van der Waals surface area contributed by atoms with E-state index in [4.69, 9.17) is 0 Å². The van der Waals surface area contributed by atoms with Crippen LogP contribution in [0, 0.1) is 11.6 Å². The van der Waals surface area contributed by atoms with E-state index in [1.165, 1.54) is 24.3 Å². The van der Waals surface area contributed by atoms with Crippen molar-refractivity contribution in [1.29, 1.82) is 0 Å². The third-order valence-corrected chi connectivity index (χ3v) is 3.40. The van der Waals surface area contributed by atoms with E-state index in [9.17, 15) is 22.0 Å². The molecule has 0 atom stereocenters. The van der Waals surface area contributed by atoms with Crippen LogP contribution in [0.2, 0.25) is 0 Å². The van der Waals surface area contributed by atoms with Gasteiger partial charge in [0.15, 0.2) is 0 Å². The lowest BCUT2D eigenvalue weighted by Gasteiger charge is -2.13. The Morgan fingerprint density at radius 3 is 2.38 bits per heavy atom. The van der Waals surface area contributed by atoms with Gasteiger partial charge in [0.05, 0.1) is 0 Å². The molecule has 0 spiro atoms. The van der Waals surface area contributed by atoms with E-state index < -0.39 is 17.1 Å². The maximum absolute atomic E-state index is 13.5. The molecule has 21 heavy (non-hydrogen) atoms. The monoisotopic (exact) mass is 319 g/mol. The van der Waals surface area contributed by atoms with E-state index in [-0.39, 0.29) is 34.5 Å². The Labute approximate surface area is 122 Å². The summed E-state index contributed by atoms with van der Waals surface area (Å²) in [5.41, 5.74) is -3.99. The predicted molar refractivity (Wildman–Crippen MR) is 72.0 cm³/mol. The molecule has 2 rings (SSSR count). The summed E-state index contributed by atoms with van der Waals surface area (Å²) in [5, 5.41) is 2.73. The van der Waals surface area contributed by atoms with Crippen molar-refractivity contribution < 1.29 is 22.0 Å². The second-order valence-electron chi connectivity index (χ2n) is 4.13. The van der Waals surface area contributed by atoms with E-state index in [1.807, 2.05) is 0 Å². The molecule has 0 saturated heterocycles. The minimum atomic E-state index is -4.40. The number of para-hydroxylation sites is 1. The van der Waals surface area contributed by atoms with Gasteiger partial charge in [0.2, 0.25) is 0 Å². The zero-order valence-corrected chi connectivity index (χ0v) is 11.4. The van der Waals surface area contributed by atoms with Gasteiger partial charge in [-0.2, -0.15) is 13.2 Å². The highest BCUT2D eigenvalue weighted by atomic mass is 32.2. The standard InChI is InChI=1S/C14H10F5NS/c15-10-6-5-9(11(16)7-10)8-20-12-3-1-2-4-13(12)21-14(17,18)19/h1-7,20H,8H2. The molecule has 2 aromatic carbocycles. The van der Waals surface area contributed by atoms with Crippen molar-refractivity contribution in [3.05, 3.63) is 59.7 Å². The first kappa shape index (κ1) is 15.6. The Morgan fingerprint density at radius 2 is 1.71 bits per heavy atom. The zero-order chi connectivity index (χ0) is 15.5. The highest BCUT2D eigenvalue weighted by Gasteiger charge is 2.30. The van der Waals surface area contributed by atoms with Crippen LogP contribution in [-0.4, -0.2) is 5.51 Å². The Morgan fingerprint density at radius 1 is 1.00 bits per heavy atom. The van der Waals surface area contributed by atoms with Gasteiger partial charge in [0.1, 0.15) is 11.6 Å². The van der Waals surface area contributed by atoms with E-state index in [2.05, 4.69) is 5.32 Å². The lowest BCUT2D eigenvalue weighted by atomic mass is 10.2. The van der Waals surface area contributed by atoms with Crippen molar-refractivity contribution in [2.45, 2.75) is 16.9 Å². The first-order valence-corrected chi connectivity index (χ1v) is 6.69. The fourth-order valence-electron chi connectivity index (χ4n) is 1.68. The van der Waals surface area contributed by atoms with Crippen molar-refractivity contribution in [3.63, 3.8) is 0 Å². The molecule has 0 bridgehead atoms. The summed E-state index contributed by atoms with van der Waals surface area (Å²) in [5.74, 6) is -1.45. The van der Waals surface area contributed by atoms with Gasteiger partial charge in [-0.15, -0.1) is 0 Å². The van der Waals surface area contributed by atoms with Crippen LogP contribution in [0.5, 0.6) is 0 Å². The molecule has 0 aliphatic rings. The second-order valence-corrected chi connectivity index (χ2v) is 5.24. The number of anilines is 1. The van der Waals surface area contributed by atoms with Crippen molar-refractivity contribution in [1.82, 2.24) is 0 Å². The van der Waals surface area contributed by atoms with Crippen LogP contribution in [0.4, 0.5) is 27.6 Å². The van der Waals surface area contributed by atoms with E-state index in [0.29, 0.717) is 0 Å². The predicted octanol–water partition coefficient (Wildman–Crippen LogP) is 5.19. The van der Waals surface area contributed by atoms with E-state index in [0.717, 1.165) is 12.1 Å². The third kappa shape index (κ3) is 4.63. The Balaban J connectivity index is 2.13. The van der Waals surface area contributed by atoms with Crippen molar-refractivity contribution in [2.24, 2.45) is 0 Å². The van der Waals surface area contributed by atoms with Gasteiger partial charge in [-0.3, -0.25) is 0 Å². The van der Waals surface area contributed by atoms with Gasteiger partial charge in [0, 0.05) is 28.8 Å². The molecule has 0 aliphatic heterocycles. The number of nitrogens with one attached hydrogen (secondary N) is 1. The van der Waals surface area contributed by atoms with E-state index >= 15 is 0 Å². The highest BCUT2D eigenvalue weighted by molar-refractivity contribution is 8.00. The normalized spacial score (nSPS) is 11.5. The fourth-order valence-corrected chi connectivity index (χ4v) is 2.33. The molecule has 2 aromatic rings. The Bertz CT molecular complexity index is 627. The Hall–Kier alpha value is -1.76. The number of thioether (sulfide) groups is 1. The van der Waals surface area contributed by atoms with Crippen molar-refractivity contribution >= 4 is 17.4 Å². The van der Waals surface area contributed by atoms with Crippen LogP contribution in [0.3, 0.4) is 0 Å². The van der Waals surface area contributed by atoms with Gasteiger partial charge in [-0.05, 0) is 30.0 Å². The van der Waals surface area contributed by atoms with Gasteiger partial charge < -0.3 is 5.32 Å². The number of alkyl halides is 3. The van der Waals surface area contributed by atoms with Crippen molar-refractivity contribution in [2.75, 3.05) is 5.32 Å². The second kappa shape index (κ2) is 6.34. The summed E-state index contributed by atoms with van der Waals surface area (Å²) in [6.07, 6.45) is 0. The summed E-state index contributed by atoms with van der Waals surface area (Å²) in [6.45, 7) is -0.0401. The largest absolute Gasteiger partial charge is 0.446 e. The van der Waals surface area contributed by atoms with Crippen LogP contribution in [0.15, 0.2) is 47.4 Å². The summed E-state index contributed by atoms with van der Waals surface area (Å²) in [4.78, 5) is -0.00693. The number of rotatable bonds is 4. The summed E-state index contributed by atoms with van der Waals surface area (Å²) >= 11 is -0.247. The molecule has 0 fully saturated rings. The summed E-state index contributed by atoms with van der Waals surface area (Å²) in [6, 6.07) is 8.92. The minimum Gasteiger partial charge on any atom is -0.380 e. The average molecular weight is 319 g/mol. The quantitative estimate of drug-likeness (QED) is 0.615. The molecule has 1 N–H and O–H groups in total. The molecule has 0 unspecified atom stereocenters. The molecular formula is C14H10F5NS. The van der Waals surface area contributed by atoms with E-state index in [1.54, 1.807) is 6.07 Å². The molecule has 0 saturated carbocycles. The third-order valence-electron chi connectivity index (χ3n) is 2.60. The molecule has 0 heterocycles. The molecule has 7 heteroatoms. The minimum absolute atomic E-state index is 0.00693. The van der Waals surface area contributed by atoms with Gasteiger partial charge in [-0.25, -0.2) is 8.78 Å². The lowest BCUT2D eigenvalue weighted by molar-refractivity contribution is -0.0327. The van der Waals surface area contributed by atoms with Crippen LogP contribution in [0.1, 0.15) is 5.56 Å². The molecule has 1 nitrogen and oxygen atoms in total. The topological polar surface area (TPSA) is 12.0 Å². The molecule has 0 radical (unpaired) electrons. The Kier molecular flexibility index (Phi) is 4.72. The van der Waals surface area contributed by atoms with Gasteiger partial charge >= 0.3 is 5.51 Å². The van der Waals surface area contributed by atoms with Crippen LogP contribution >= 0.6 is 11.8 Å². The molecule has 0 amide bonds. The first-order valence-electron chi connectivity index (χ1n) is 5.88. The molecule has 0 aromatic heterocycles. The van der Waals surface area contributed by atoms with Gasteiger partial charge in [0.25, 0.3) is 0 Å². The van der Waals surface area contributed by atoms with Gasteiger partial charge in [-0.1, -0.05) is 18.2 Å². The van der Waals surface area contributed by atoms with Crippen LogP contribution < -0.4 is 5.32 Å². The van der Waals surface area contributed by atoms with Crippen LogP contribution in [-0.2, 0) is 6.54 Å². The molecule has 0 aliphatic carbocycles. The number of hydrogen-bond donors (Lipinski definition) is 1. The number of hydrogen-bond acceptors (Lipinski definition) is 2. The number of halogens is 5. The first-order chi connectivity index (χ1) is 9.85. The number of benzene rings is 2. The maximum atomic E-state index is 13.5. The SMILES string of the molecule is Fc1ccc(CNc2ccccc2SC(F)(F)F)c(F)c1. The van der Waals surface area contributed by atoms with Crippen LogP contribution in [0.25, 0.3) is 0 Å². The summed E-state index contributed by atoms with van der Waals surface area (Å²) in [7, 11) is 0. The van der Waals surface area contributed by atoms with Crippen molar-refractivity contribution in [3.8, 4) is 0 Å². The maximum Gasteiger partial charge on any atom is 0.446 e. The molecule has 112 valence electrons. The fraction of sp³-hybridized carbons (Fsp3) is 0.143. The highest BCUT2D eigenvalue weighted by Crippen LogP contribution is 2.40. The smallest absolute Gasteiger partial charge is 0.380 e.